The summed E-state index contributed by atoms with van der Waals surface area (Å²) in [6, 6.07) is 3.34. The zero-order chi connectivity index (χ0) is 20.3. The minimum absolute atomic E-state index is 0.171. The molecule has 152 valence electrons. The molecule has 0 radical (unpaired) electrons. The number of piperazine rings is 1. The molecule has 1 aromatic carbocycles. The zero-order valence-corrected chi connectivity index (χ0v) is 15.6. The molecule has 1 fully saturated rings. The van der Waals surface area contributed by atoms with Gasteiger partial charge in [-0.15, -0.1) is 13.2 Å². The van der Waals surface area contributed by atoms with Gasteiger partial charge in [-0.2, -0.15) is 0 Å². The van der Waals surface area contributed by atoms with Crippen molar-refractivity contribution in [3.05, 3.63) is 18.2 Å². The minimum Gasteiger partial charge on any atom is -0.406 e. The summed E-state index contributed by atoms with van der Waals surface area (Å²) in [6.45, 7) is 1.77. The van der Waals surface area contributed by atoms with Crippen LogP contribution in [0, 0.1) is 0 Å². The van der Waals surface area contributed by atoms with Crippen LogP contribution in [0.3, 0.4) is 0 Å². The van der Waals surface area contributed by atoms with Crippen LogP contribution < -0.4 is 20.7 Å². The quantitative estimate of drug-likeness (QED) is 0.676. The predicted molar refractivity (Wildman–Crippen MR) is 97.2 cm³/mol. The molecule has 8 nitrogen and oxygen atoms in total. The van der Waals surface area contributed by atoms with E-state index in [1.807, 2.05) is 0 Å². The standard InChI is InChI=1S/C16H18F3N5O3S/c1-24(14(26)11-7-20-4-5-21-11)8-13(25)23-15-22-10-3-2-9(6-12(10)28-15)27-16(17,18)19/h2-3,6,11,20-21H,4-5,7-8H2,1H3,(H,22,23,25). The Kier molecular flexibility index (Phi) is 6.01. The Balaban J connectivity index is 1.60. The van der Waals surface area contributed by atoms with Crippen molar-refractivity contribution in [3.63, 3.8) is 0 Å². The highest BCUT2D eigenvalue weighted by Crippen LogP contribution is 2.31. The largest absolute Gasteiger partial charge is 0.573 e. The van der Waals surface area contributed by atoms with Crippen LogP contribution in [0.25, 0.3) is 10.2 Å². The van der Waals surface area contributed by atoms with Crippen LogP contribution in [0.2, 0.25) is 0 Å². The number of thiazole rings is 1. The molecule has 1 unspecified atom stereocenters. The number of benzene rings is 1. The number of fused-ring (bicyclic) bond motifs is 1. The maximum absolute atomic E-state index is 12.3. The number of likely N-dealkylation sites (N-methyl/N-ethyl adjacent to an activating group) is 1. The van der Waals surface area contributed by atoms with Crippen molar-refractivity contribution in [1.82, 2.24) is 20.5 Å². The van der Waals surface area contributed by atoms with Crippen LogP contribution in [-0.2, 0) is 9.59 Å². The van der Waals surface area contributed by atoms with Crippen molar-refractivity contribution >= 4 is 38.5 Å². The third-order valence-electron chi connectivity index (χ3n) is 3.94. The number of anilines is 1. The molecule has 1 saturated heterocycles. The lowest BCUT2D eigenvalue weighted by Crippen LogP contribution is -2.56. The van der Waals surface area contributed by atoms with Crippen LogP contribution in [-0.4, -0.2) is 67.3 Å². The fourth-order valence-electron chi connectivity index (χ4n) is 2.70. The van der Waals surface area contributed by atoms with Crippen LogP contribution >= 0.6 is 11.3 Å². The molecule has 2 amide bonds. The summed E-state index contributed by atoms with van der Waals surface area (Å²) in [7, 11) is 1.53. The number of ether oxygens (including phenoxy) is 1. The number of carbonyl (C=O) groups is 2. The van der Waals surface area contributed by atoms with E-state index < -0.39 is 12.3 Å². The highest BCUT2D eigenvalue weighted by molar-refractivity contribution is 7.22. The second kappa shape index (κ2) is 8.29. The second-order valence-corrected chi connectivity index (χ2v) is 7.18. The Hall–Kier alpha value is -2.44. The first-order valence-corrected chi connectivity index (χ1v) is 9.18. The Morgan fingerprint density at radius 1 is 1.39 bits per heavy atom. The van der Waals surface area contributed by atoms with E-state index in [1.165, 1.54) is 24.1 Å². The summed E-state index contributed by atoms with van der Waals surface area (Å²) in [4.78, 5) is 30.0. The van der Waals surface area contributed by atoms with Crippen molar-refractivity contribution in [2.75, 3.05) is 38.5 Å². The van der Waals surface area contributed by atoms with Gasteiger partial charge in [-0.3, -0.25) is 9.59 Å². The van der Waals surface area contributed by atoms with E-state index in [-0.39, 0.29) is 29.4 Å². The van der Waals surface area contributed by atoms with Gasteiger partial charge in [-0.1, -0.05) is 11.3 Å². The number of hydrogen-bond acceptors (Lipinski definition) is 7. The number of alkyl halides is 3. The summed E-state index contributed by atoms with van der Waals surface area (Å²) in [5.41, 5.74) is 0.428. The molecule has 1 aliphatic rings. The average molecular weight is 417 g/mol. The first-order chi connectivity index (χ1) is 13.2. The smallest absolute Gasteiger partial charge is 0.406 e. The van der Waals surface area contributed by atoms with Gasteiger partial charge in [-0.05, 0) is 12.1 Å². The van der Waals surface area contributed by atoms with Crippen molar-refractivity contribution < 1.29 is 27.5 Å². The molecule has 0 spiro atoms. The molecule has 2 aromatic rings. The number of rotatable bonds is 5. The lowest BCUT2D eigenvalue weighted by molar-refractivity contribution is -0.274. The number of amides is 2. The van der Waals surface area contributed by atoms with E-state index in [2.05, 4.69) is 25.7 Å². The van der Waals surface area contributed by atoms with Crippen LogP contribution in [0.5, 0.6) is 5.75 Å². The van der Waals surface area contributed by atoms with Gasteiger partial charge < -0.3 is 25.6 Å². The minimum atomic E-state index is -4.78. The van der Waals surface area contributed by atoms with Crippen molar-refractivity contribution in [3.8, 4) is 5.75 Å². The molecule has 0 aliphatic carbocycles. The molecule has 12 heteroatoms. The van der Waals surface area contributed by atoms with Gasteiger partial charge in [0.05, 0.1) is 22.8 Å². The Bertz CT molecular complexity index is 867. The summed E-state index contributed by atoms with van der Waals surface area (Å²) in [6.07, 6.45) is -4.78. The fraction of sp³-hybridized carbons (Fsp3) is 0.438. The first-order valence-electron chi connectivity index (χ1n) is 8.36. The highest BCUT2D eigenvalue weighted by atomic mass is 32.1. The van der Waals surface area contributed by atoms with Gasteiger partial charge >= 0.3 is 6.36 Å². The van der Waals surface area contributed by atoms with Gasteiger partial charge in [-0.25, -0.2) is 4.98 Å². The Morgan fingerprint density at radius 2 is 2.18 bits per heavy atom. The molecule has 28 heavy (non-hydrogen) atoms. The van der Waals surface area contributed by atoms with Gasteiger partial charge in [0, 0.05) is 32.7 Å². The van der Waals surface area contributed by atoms with Crippen molar-refractivity contribution in [2.45, 2.75) is 12.4 Å². The Labute approximate surface area is 162 Å². The Morgan fingerprint density at radius 3 is 2.86 bits per heavy atom. The molecule has 0 bridgehead atoms. The van der Waals surface area contributed by atoms with Crippen molar-refractivity contribution in [1.29, 1.82) is 0 Å². The lowest BCUT2D eigenvalue weighted by atomic mass is 10.2. The molecule has 2 heterocycles. The van der Waals surface area contributed by atoms with E-state index in [0.29, 0.717) is 23.3 Å². The predicted octanol–water partition coefficient (Wildman–Crippen LogP) is 1.15. The third-order valence-corrected chi connectivity index (χ3v) is 4.87. The van der Waals surface area contributed by atoms with E-state index in [0.717, 1.165) is 23.9 Å². The van der Waals surface area contributed by atoms with E-state index in [9.17, 15) is 22.8 Å². The van der Waals surface area contributed by atoms with Crippen LogP contribution in [0.4, 0.5) is 18.3 Å². The number of carbonyl (C=O) groups excluding carboxylic acids is 2. The summed E-state index contributed by atoms with van der Waals surface area (Å²) in [5, 5.41) is 8.96. The van der Waals surface area contributed by atoms with Crippen molar-refractivity contribution in [2.24, 2.45) is 0 Å². The topological polar surface area (TPSA) is 95.6 Å². The number of halogens is 3. The number of nitrogens with one attached hydrogen (secondary N) is 3. The van der Waals surface area contributed by atoms with Gasteiger partial charge in [0.15, 0.2) is 5.13 Å². The monoisotopic (exact) mass is 417 g/mol. The normalized spacial score (nSPS) is 17.4. The molecule has 1 aromatic heterocycles. The maximum atomic E-state index is 12.3. The van der Waals surface area contributed by atoms with Gasteiger partial charge in [0.25, 0.3) is 0 Å². The number of nitrogens with zero attached hydrogens (tertiary/aromatic N) is 2. The highest BCUT2D eigenvalue weighted by Gasteiger charge is 2.31. The molecule has 3 N–H and O–H groups in total. The van der Waals surface area contributed by atoms with Crippen LogP contribution in [0.15, 0.2) is 18.2 Å². The first kappa shape index (κ1) is 20.3. The second-order valence-electron chi connectivity index (χ2n) is 6.15. The maximum Gasteiger partial charge on any atom is 0.573 e. The fourth-order valence-corrected chi connectivity index (χ4v) is 3.61. The van der Waals surface area contributed by atoms with Gasteiger partial charge in [0.2, 0.25) is 11.8 Å². The van der Waals surface area contributed by atoms with E-state index >= 15 is 0 Å². The molecule has 1 aliphatic heterocycles. The molecular weight excluding hydrogens is 399 g/mol. The summed E-state index contributed by atoms with van der Waals surface area (Å²) in [5.74, 6) is -1.02. The van der Waals surface area contributed by atoms with E-state index in [1.54, 1.807) is 0 Å². The molecule has 0 saturated carbocycles. The SMILES string of the molecule is CN(CC(=O)Nc1nc2ccc(OC(F)(F)F)cc2s1)C(=O)C1CNCCN1. The summed E-state index contributed by atoms with van der Waals surface area (Å²) >= 11 is 1.01. The van der Waals surface area contributed by atoms with Gasteiger partial charge in [0.1, 0.15) is 5.75 Å². The lowest BCUT2D eigenvalue weighted by Gasteiger charge is -2.27. The van der Waals surface area contributed by atoms with E-state index in [4.69, 9.17) is 0 Å². The average Bonchev–Trinajstić information content (AvgIpc) is 3.01. The molecular formula is C16H18F3N5O3S. The number of aromatic nitrogens is 1. The molecule has 1 atom stereocenters. The third kappa shape index (κ3) is 5.30. The zero-order valence-electron chi connectivity index (χ0n) is 14.8. The van der Waals surface area contributed by atoms with Crippen LogP contribution in [0.1, 0.15) is 0 Å². The number of hydrogen-bond donors (Lipinski definition) is 3. The summed E-state index contributed by atoms with van der Waals surface area (Å²) < 4.78 is 41.2. The molecule has 3 rings (SSSR count).